The summed E-state index contributed by atoms with van der Waals surface area (Å²) in [6, 6.07) is 5.33. The lowest BCUT2D eigenvalue weighted by molar-refractivity contribution is 0.0952. The van der Waals surface area contributed by atoms with Gasteiger partial charge in [-0.1, -0.05) is 41.4 Å². The molecule has 1 N–H and O–H groups in total. The highest BCUT2D eigenvalue weighted by molar-refractivity contribution is 14.1. The van der Waals surface area contributed by atoms with Crippen LogP contribution in [0.1, 0.15) is 30.6 Å². The number of halogens is 3. The Morgan fingerprint density at radius 2 is 2.17 bits per heavy atom. The molecule has 0 spiro atoms. The van der Waals surface area contributed by atoms with Crippen LogP contribution in [0.25, 0.3) is 0 Å². The van der Waals surface area contributed by atoms with Crippen molar-refractivity contribution in [2.24, 2.45) is 5.92 Å². The SMILES string of the molecule is CC(C)CC(Br)CNC(=O)c1cc(Cl)ccc1I. The lowest BCUT2D eigenvalue weighted by Gasteiger charge is -2.13. The fourth-order valence-corrected chi connectivity index (χ4v) is 3.23. The van der Waals surface area contributed by atoms with Gasteiger partial charge in [0.15, 0.2) is 0 Å². The minimum Gasteiger partial charge on any atom is -0.351 e. The highest BCUT2D eigenvalue weighted by Gasteiger charge is 2.13. The van der Waals surface area contributed by atoms with Crippen molar-refractivity contribution in [3.05, 3.63) is 32.4 Å². The molecule has 1 aromatic rings. The predicted octanol–water partition coefficient (Wildman–Crippen LogP) is 4.48. The normalized spacial score (nSPS) is 12.6. The lowest BCUT2D eigenvalue weighted by Crippen LogP contribution is -2.30. The number of hydrogen-bond acceptors (Lipinski definition) is 1. The molecule has 1 rings (SSSR count). The molecule has 0 aliphatic carbocycles. The first-order valence-electron chi connectivity index (χ1n) is 5.77. The van der Waals surface area contributed by atoms with Crippen molar-refractivity contribution >= 4 is 56.0 Å². The molecule has 2 nitrogen and oxygen atoms in total. The minimum atomic E-state index is -0.0740. The molecule has 0 aliphatic rings. The monoisotopic (exact) mass is 443 g/mol. The topological polar surface area (TPSA) is 29.1 Å². The van der Waals surface area contributed by atoms with Crippen LogP contribution in [-0.4, -0.2) is 17.3 Å². The van der Waals surface area contributed by atoms with Crippen LogP contribution in [0.2, 0.25) is 5.02 Å². The van der Waals surface area contributed by atoms with E-state index >= 15 is 0 Å². The largest absolute Gasteiger partial charge is 0.351 e. The van der Waals surface area contributed by atoms with Crippen LogP contribution < -0.4 is 5.32 Å². The number of hydrogen-bond donors (Lipinski definition) is 1. The Kier molecular flexibility index (Phi) is 6.95. The third kappa shape index (κ3) is 5.45. The molecule has 0 fully saturated rings. The van der Waals surface area contributed by atoms with Gasteiger partial charge < -0.3 is 5.32 Å². The Morgan fingerprint density at radius 3 is 2.78 bits per heavy atom. The summed E-state index contributed by atoms with van der Waals surface area (Å²) in [5.74, 6) is 0.535. The molecular formula is C13H16BrClINO. The Morgan fingerprint density at radius 1 is 1.50 bits per heavy atom. The van der Waals surface area contributed by atoms with E-state index in [0.29, 0.717) is 27.9 Å². The first kappa shape index (κ1) is 16.2. The van der Waals surface area contributed by atoms with E-state index in [1.165, 1.54) is 0 Å². The van der Waals surface area contributed by atoms with Crippen LogP contribution in [0.4, 0.5) is 0 Å². The van der Waals surface area contributed by atoms with Gasteiger partial charge in [-0.15, -0.1) is 0 Å². The third-order valence-electron chi connectivity index (χ3n) is 2.38. The van der Waals surface area contributed by atoms with E-state index in [9.17, 15) is 4.79 Å². The maximum atomic E-state index is 12.0. The van der Waals surface area contributed by atoms with Crippen molar-refractivity contribution < 1.29 is 4.79 Å². The minimum absolute atomic E-state index is 0.0740. The maximum Gasteiger partial charge on any atom is 0.252 e. The van der Waals surface area contributed by atoms with Gasteiger partial charge in [0.05, 0.1) is 5.56 Å². The van der Waals surface area contributed by atoms with E-state index in [1.54, 1.807) is 12.1 Å². The van der Waals surface area contributed by atoms with Gasteiger partial charge in [-0.05, 0) is 53.1 Å². The number of amides is 1. The standard InChI is InChI=1S/C13H16BrClINO/c1-8(2)5-9(14)7-17-13(18)11-6-10(15)3-4-12(11)16/h3-4,6,8-9H,5,7H2,1-2H3,(H,17,18). The van der Waals surface area contributed by atoms with Crippen LogP contribution in [0, 0.1) is 9.49 Å². The average molecular weight is 445 g/mol. The average Bonchev–Trinajstić information content (AvgIpc) is 2.28. The second-order valence-electron chi connectivity index (χ2n) is 4.56. The second kappa shape index (κ2) is 7.70. The molecule has 0 saturated heterocycles. The molecule has 100 valence electrons. The summed E-state index contributed by atoms with van der Waals surface area (Å²) in [4.78, 5) is 12.3. The molecule has 1 aromatic carbocycles. The van der Waals surface area contributed by atoms with Crippen LogP contribution in [0.3, 0.4) is 0 Å². The fraction of sp³-hybridized carbons (Fsp3) is 0.462. The number of nitrogens with one attached hydrogen (secondary N) is 1. The Labute approximate surface area is 135 Å². The summed E-state index contributed by atoms with van der Waals surface area (Å²) < 4.78 is 0.907. The molecule has 1 atom stereocenters. The van der Waals surface area contributed by atoms with Crippen LogP contribution in [-0.2, 0) is 0 Å². The summed E-state index contributed by atoms with van der Waals surface area (Å²) in [6.07, 6.45) is 1.03. The van der Waals surface area contributed by atoms with E-state index in [4.69, 9.17) is 11.6 Å². The Hall–Kier alpha value is 0.190. The molecule has 0 heterocycles. The van der Waals surface area contributed by atoms with Gasteiger partial charge in [-0.2, -0.15) is 0 Å². The maximum absolute atomic E-state index is 12.0. The van der Waals surface area contributed by atoms with Gasteiger partial charge in [-0.3, -0.25) is 4.79 Å². The Bertz CT molecular complexity index is 425. The number of carbonyl (C=O) groups is 1. The highest BCUT2D eigenvalue weighted by atomic mass is 127. The Balaban J connectivity index is 2.58. The van der Waals surface area contributed by atoms with E-state index < -0.39 is 0 Å². The van der Waals surface area contributed by atoms with Crippen LogP contribution in [0.15, 0.2) is 18.2 Å². The molecule has 0 radical (unpaired) electrons. The number of benzene rings is 1. The first-order valence-corrected chi connectivity index (χ1v) is 8.14. The second-order valence-corrected chi connectivity index (χ2v) is 7.45. The van der Waals surface area contributed by atoms with Gasteiger partial charge in [0.25, 0.3) is 5.91 Å². The first-order chi connectivity index (χ1) is 8.40. The molecule has 5 heteroatoms. The fourth-order valence-electron chi connectivity index (χ4n) is 1.57. The summed E-state index contributed by atoms with van der Waals surface area (Å²) in [5, 5.41) is 3.50. The molecule has 0 bridgehead atoms. The van der Waals surface area contributed by atoms with Gasteiger partial charge in [0, 0.05) is 20.0 Å². The summed E-state index contributed by atoms with van der Waals surface area (Å²) >= 11 is 11.6. The van der Waals surface area contributed by atoms with Crippen molar-refractivity contribution in [3.8, 4) is 0 Å². The van der Waals surface area contributed by atoms with Crippen LogP contribution >= 0.6 is 50.1 Å². The molecule has 0 saturated carbocycles. The smallest absolute Gasteiger partial charge is 0.252 e. The van der Waals surface area contributed by atoms with Gasteiger partial charge in [0.1, 0.15) is 0 Å². The van der Waals surface area contributed by atoms with E-state index in [-0.39, 0.29) is 5.91 Å². The quantitative estimate of drug-likeness (QED) is 0.527. The van der Waals surface area contributed by atoms with E-state index in [0.717, 1.165) is 9.99 Å². The van der Waals surface area contributed by atoms with Crippen molar-refractivity contribution in [1.29, 1.82) is 0 Å². The number of rotatable bonds is 5. The lowest BCUT2D eigenvalue weighted by atomic mass is 10.1. The number of carbonyl (C=O) groups excluding carboxylic acids is 1. The van der Waals surface area contributed by atoms with E-state index in [2.05, 4.69) is 57.7 Å². The van der Waals surface area contributed by atoms with Gasteiger partial charge in [-0.25, -0.2) is 0 Å². The zero-order valence-corrected chi connectivity index (χ0v) is 14.8. The number of alkyl halides is 1. The van der Waals surface area contributed by atoms with Crippen molar-refractivity contribution in [2.45, 2.75) is 25.1 Å². The molecule has 18 heavy (non-hydrogen) atoms. The summed E-state index contributed by atoms with van der Waals surface area (Å²) in [6.45, 7) is 4.95. The summed E-state index contributed by atoms with van der Waals surface area (Å²) in [7, 11) is 0. The van der Waals surface area contributed by atoms with Crippen LogP contribution in [0.5, 0.6) is 0 Å². The van der Waals surface area contributed by atoms with Crippen molar-refractivity contribution in [2.75, 3.05) is 6.54 Å². The zero-order valence-electron chi connectivity index (χ0n) is 10.3. The van der Waals surface area contributed by atoms with Crippen molar-refractivity contribution in [1.82, 2.24) is 5.32 Å². The van der Waals surface area contributed by atoms with Gasteiger partial charge in [0.2, 0.25) is 0 Å². The molecule has 0 aromatic heterocycles. The third-order valence-corrected chi connectivity index (χ3v) is 4.26. The molecule has 1 unspecified atom stereocenters. The molecule has 0 aliphatic heterocycles. The molecular weight excluding hydrogens is 428 g/mol. The predicted molar refractivity (Wildman–Crippen MR) is 88.7 cm³/mol. The van der Waals surface area contributed by atoms with Gasteiger partial charge >= 0.3 is 0 Å². The zero-order chi connectivity index (χ0) is 13.7. The molecule has 1 amide bonds. The summed E-state index contributed by atoms with van der Waals surface area (Å²) in [5.41, 5.74) is 0.632. The highest BCUT2D eigenvalue weighted by Crippen LogP contribution is 2.18. The van der Waals surface area contributed by atoms with Crippen molar-refractivity contribution in [3.63, 3.8) is 0 Å². The van der Waals surface area contributed by atoms with E-state index in [1.807, 2.05) is 6.07 Å².